The first-order chi connectivity index (χ1) is 10.1. The van der Waals surface area contributed by atoms with E-state index in [9.17, 15) is 9.59 Å². The van der Waals surface area contributed by atoms with Crippen LogP contribution >= 0.6 is 23.4 Å². The van der Waals surface area contributed by atoms with Crippen molar-refractivity contribution < 1.29 is 14.3 Å². The topological polar surface area (TPSA) is 55.4 Å². The van der Waals surface area contributed by atoms with Crippen LogP contribution in [0.25, 0.3) is 0 Å². The number of thioether (sulfide) groups is 1. The largest absolute Gasteiger partial charge is 0.467 e. The van der Waals surface area contributed by atoms with Gasteiger partial charge in [-0.15, -0.1) is 11.8 Å². The first-order valence-corrected chi connectivity index (χ1v) is 8.20. The average molecular weight is 328 g/mol. The molecule has 0 bridgehead atoms. The molecule has 0 aromatic heterocycles. The van der Waals surface area contributed by atoms with Gasteiger partial charge in [-0.3, -0.25) is 4.79 Å². The molecule has 0 aliphatic heterocycles. The Hall–Kier alpha value is -1.20. The molecule has 1 fully saturated rings. The molecular weight excluding hydrogens is 310 g/mol. The van der Waals surface area contributed by atoms with Gasteiger partial charge < -0.3 is 10.1 Å². The van der Waals surface area contributed by atoms with Crippen LogP contribution in [0.1, 0.15) is 25.7 Å². The number of hydrogen-bond acceptors (Lipinski definition) is 4. The van der Waals surface area contributed by atoms with E-state index in [2.05, 4.69) is 5.32 Å². The summed E-state index contributed by atoms with van der Waals surface area (Å²) in [6, 6.07) is 7.37. The van der Waals surface area contributed by atoms with Gasteiger partial charge in [-0.2, -0.15) is 0 Å². The molecule has 0 atom stereocenters. The van der Waals surface area contributed by atoms with Crippen LogP contribution < -0.4 is 5.32 Å². The number of esters is 1. The van der Waals surface area contributed by atoms with Crippen molar-refractivity contribution >= 4 is 35.2 Å². The minimum absolute atomic E-state index is 0.174. The molecule has 1 aliphatic carbocycles. The molecule has 4 nitrogen and oxygen atoms in total. The highest BCUT2D eigenvalue weighted by molar-refractivity contribution is 8.00. The molecule has 2 rings (SSSR count). The minimum Gasteiger partial charge on any atom is -0.467 e. The Bertz CT molecular complexity index is 529. The number of carbonyl (C=O) groups excluding carboxylic acids is 2. The Labute approximate surface area is 133 Å². The van der Waals surface area contributed by atoms with Crippen molar-refractivity contribution in [1.82, 2.24) is 5.32 Å². The minimum atomic E-state index is -0.840. The molecule has 0 heterocycles. The Morgan fingerprint density at radius 2 is 2.00 bits per heavy atom. The van der Waals surface area contributed by atoms with Crippen LogP contribution in [0, 0.1) is 0 Å². The van der Waals surface area contributed by atoms with Crippen LogP contribution in [-0.4, -0.2) is 30.3 Å². The predicted octanol–water partition coefficient (Wildman–Crippen LogP) is 3.03. The zero-order valence-corrected chi connectivity index (χ0v) is 13.4. The van der Waals surface area contributed by atoms with Crippen LogP contribution in [0.15, 0.2) is 29.2 Å². The summed E-state index contributed by atoms with van der Waals surface area (Å²) in [7, 11) is 1.35. The van der Waals surface area contributed by atoms with Crippen molar-refractivity contribution in [3.8, 4) is 0 Å². The second-order valence-corrected chi connectivity index (χ2v) is 6.47. The number of hydrogen-bond donors (Lipinski definition) is 1. The molecule has 6 heteroatoms. The summed E-state index contributed by atoms with van der Waals surface area (Å²) in [5, 5.41) is 3.48. The fourth-order valence-corrected chi connectivity index (χ4v) is 3.60. The number of amides is 1. The monoisotopic (exact) mass is 327 g/mol. The highest BCUT2D eigenvalue weighted by Crippen LogP contribution is 2.31. The summed E-state index contributed by atoms with van der Waals surface area (Å²) >= 11 is 7.41. The lowest BCUT2D eigenvalue weighted by Gasteiger charge is -2.27. The number of benzene rings is 1. The summed E-state index contributed by atoms with van der Waals surface area (Å²) in [6.45, 7) is 0. The smallest absolute Gasteiger partial charge is 0.331 e. The summed E-state index contributed by atoms with van der Waals surface area (Å²) in [6.07, 6.45) is 3.13. The standard InChI is InChI=1S/C15H18ClNO3S/c1-20-14(19)15(8-4-5-9-15)17-13(18)10-21-12-7-3-2-6-11(12)16/h2-3,6-7H,4-5,8-10H2,1H3,(H,17,18). The third-order valence-corrected chi connectivity index (χ3v) is 5.12. The first kappa shape index (κ1) is 16.2. The molecule has 1 saturated carbocycles. The Balaban J connectivity index is 1.94. The van der Waals surface area contributed by atoms with E-state index in [1.807, 2.05) is 18.2 Å². The van der Waals surface area contributed by atoms with Gasteiger partial charge in [0.1, 0.15) is 5.54 Å². The Morgan fingerprint density at radius 1 is 1.33 bits per heavy atom. The van der Waals surface area contributed by atoms with E-state index in [0.29, 0.717) is 17.9 Å². The molecule has 0 spiro atoms. The first-order valence-electron chi connectivity index (χ1n) is 6.84. The second kappa shape index (κ2) is 7.18. The van der Waals surface area contributed by atoms with Crippen molar-refractivity contribution in [2.45, 2.75) is 36.1 Å². The van der Waals surface area contributed by atoms with Crippen molar-refractivity contribution in [2.24, 2.45) is 0 Å². The quantitative estimate of drug-likeness (QED) is 0.667. The van der Waals surface area contributed by atoms with E-state index in [0.717, 1.165) is 17.7 Å². The fourth-order valence-electron chi connectivity index (χ4n) is 2.56. The van der Waals surface area contributed by atoms with Crippen molar-refractivity contribution in [1.29, 1.82) is 0 Å². The summed E-state index contributed by atoms with van der Waals surface area (Å²) in [5.74, 6) is -0.300. The highest BCUT2D eigenvalue weighted by atomic mass is 35.5. The maximum Gasteiger partial charge on any atom is 0.331 e. The van der Waals surface area contributed by atoms with Crippen molar-refractivity contribution in [3.05, 3.63) is 29.3 Å². The SMILES string of the molecule is COC(=O)C1(NC(=O)CSc2ccccc2Cl)CCCC1. The number of ether oxygens (including phenoxy) is 1. The molecule has 21 heavy (non-hydrogen) atoms. The van der Waals surface area contributed by atoms with Gasteiger partial charge in [0.2, 0.25) is 5.91 Å². The van der Waals surface area contributed by atoms with E-state index in [1.54, 1.807) is 6.07 Å². The van der Waals surface area contributed by atoms with Crippen LogP contribution in [0.2, 0.25) is 5.02 Å². The maximum absolute atomic E-state index is 12.1. The third-order valence-electron chi connectivity index (χ3n) is 3.61. The molecular formula is C15H18ClNO3S. The normalized spacial score (nSPS) is 16.5. The Kier molecular flexibility index (Phi) is 5.53. The van der Waals surface area contributed by atoms with Gasteiger partial charge in [0.15, 0.2) is 0 Å². The zero-order valence-electron chi connectivity index (χ0n) is 11.9. The molecule has 0 unspecified atom stereocenters. The van der Waals surface area contributed by atoms with Gasteiger partial charge in [0.05, 0.1) is 17.9 Å². The van der Waals surface area contributed by atoms with Crippen molar-refractivity contribution in [3.63, 3.8) is 0 Å². The van der Waals surface area contributed by atoms with Gasteiger partial charge in [0.25, 0.3) is 0 Å². The summed E-state index contributed by atoms with van der Waals surface area (Å²) in [5.41, 5.74) is -0.840. The predicted molar refractivity (Wildman–Crippen MR) is 83.5 cm³/mol. The van der Waals surface area contributed by atoms with Gasteiger partial charge >= 0.3 is 5.97 Å². The van der Waals surface area contributed by atoms with Gasteiger partial charge in [-0.1, -0.05) is 36.6 Å². The zero-order chi connectivity index (χ0) is 15.3. The number of nitrogens with one attached hydrogen (secondary N) is 1. The molecule has 1 aliphatic rings. The lowest BCUT2D eigenvalue weighted by molar-refractivity contribution is -0.150. The summed E-state index contributed by atoms with van der Waals surface area (Å²) in [4.78, 5) is 24.9. The van der Waals surface area contributed by atoms with Gasteiger partial charge in [-0.05, 0) is 25.0 Å². The fraction of sp³-hybridized carbons (Fsp3) is 0.467. The molecule has 1 amide bonds. The molecule has 1 aromatic rings. The van der Waals surface area contributed by atoms with Crippen molar-refractivity contribution in [2.75, 3.05) is 12.9 Å². The molecule has 0 saturated heterocycles. The second-order valence-electron chi connectivity index (χ2n) is 5.05. The maximum atomic E-state index is 12.1. The van der Waals surface area contributed by atoms with Gasteiger partial charge in [-0.25, -0.2) is 4.79 Å². The molecule has 1 aromatic carbocycles. The number of rotatable bonds is 5. The lowest BCUT2D eigenvalue weighted by atomic mass is 9.98. The average Bonchev–Trinajstić information content (AvgIpc) is 2.95. The van der Waals surface area contributed by atoms with E-state index >= 15 is 0 Å². The Morgan fingerprint density at radius 3 is 2.62 bits per heavy atom. The van der Waals surface area contributed by atoms with Crippen LogP contribution in [0.5, 0.6) is 0 Å². The van der Waals surface area contributed by atoms with E-state index < -0.39 is 5.54 Å². The third kappa shape index (κ3) is 3.92. The highest BCUT2D eigenvalue weighted by Gasteiger charge is 2.43. The van der Waals surface area contributed by atoms with Crippen LogP contribution in [-0.2, 0) is 14.3 Å². The van der Waals surface area contributed by atoms with Gasteiger partial charge in [0, 0.05) is 4.90 Å². The van der Waals surface area contributed by atoms with Crippen LogP contribution in [0.3, 0.4) is 0 Å². The number of methoxy groups -OCH3 is 1. The number of halogens is 1. The van der Waals surface area contributed by atoms with E-state index in [4.69, 9.17) is 16.3 Å². The summed E-state index contributed by atoms with van der Waals surface area (Å²) < 4.78 is 4.84. The number of carbonyl (C=O) groups is 2. The van der Waals surface area contributed by atoms with E-state index in [-0.39, 0.29) is 17.6 Å². The molecule has 114 valence electrons. The molecule has 0 radical (unpaired) electrons. The van der Waals surface area contributed by atoms with E-state index in [1.165, 1.54) is 18.9 Å². The lowest BCUT2D eigenvalue weighted by Crippen LogP contribution is -2.53. The van der Waals surface area contributed by atoms with Crippen LogP contribution in [0.4, 0.5) is 0 Å². The molecule has 1 N–H and O–H groups in total.